The van der Waals surface area contributed by atoms with Crippen LogP contribution in [0.25, 0.3) is 0 Å². The SMILES string of the molecule is O=C(O)Cc1ccc(CCCNc2ccccc2[C@@H]2CCc3c[c]ccc3C2)cc1. The van der Waals surface area contributed by atoms with Crippen molar-refractivity contribution in [2.45, 2.75) is 44.4 Å². The molecule has 153 valence electrons. The van der Waals surface area contributed by atoms with E-state index in [4.69, 9.17) is 5.11 Å². The van der Waals surface area contributed by atoms with E-state index < -0.39 is 5.97 Å². The number of anilines is 1. The first-order valence-corrected chi connectivity index (χ1v) is 10.8. The normalized spacial score (nSPS) is 15.4. The third kappa shape index (κ3) is 5.10. The highest BCUT2D eigenvalue weighted by molar-refractivity contribution is 5.70. The van der Waals surface area contributed by atoms with E-state index >= 15 is 0 Å². The van der Waals surface area contributed by atoms with Crippen LogP contribution < -0.4 is 5.32 Å². The Kier molecular flexibility index (Phi) is 6.48. The minimum Gasteiger partial charge on any atom is -0.481 e. The summed E-state index contributed by atoms with van der Waals surface area (Å²) in [5, 5.41) is 12.5. The Hall–Kier alpha value is -3.07. The molecular weight excluding hydrogens is 370 g/mol. The predicted molar refractivity (Wildman–Crippen MR) is 121 cm³/mol. The molecule has 3 aromatic carbocycles. The number of hydrogen-bond donors (Lipinski definition) is 2. The molecule has 0 amide bonds. The van der Waals surface area contributed by atoms with Gasteiger partial charge in [-0.25, -0.2) is 0 Å². The number of benzene rings is 3. The molecule has 3 heteroatoms. The standard InChI is InChI=1S/C27H28NO2/c29-27(30)18-21-13-11-20(12-14-21)6-5-17-28-26-10-4-3-9-25(26)24-16-15-22-7-1-2-8-23(22)19-24/h2-4,7-14,24,28H,5-6,15-19H2,(H,29,30)/t24-/m1/s1. The highest BCUT2D eigenvalue weighted by Gasteiger charge is 2.21. The number of rotatable bonds is 8. The van der Waals surface area contributed by atoms with E-state index in [2.05, 4.69) is 47.8 Å². The maximum atomic E-state index is 10.8. The minimum absolute atomic E-state index is 0.0858. The van der Waals surface area contributed by atoms with E-state index in [9.17, 15) is 4.79 Å². The van der Waals surface area contributed by atoms with Gasteiger partial charge in [-0.15, -0.1) is 0 Å². The molecule has 0 unspecified atom stereocenters. The van der Waals surface area contributed by atoms with Gasteiger partial charge in [0.1, 0.15) is 0 Å². The fraction of sp³-hybridized carbons (Fsp3) is 0.296. The molecule has 3 aromatic rings. The molecule has 1 aliphatic carbocycles. The lowest BCUT2D eigenvalue weighted by Gasteiger charge is -2.27. The number of fused-ring (bicyclic) bond motifs is 1. The van der Waals surface area contributed by atoms with Crippen molar-refractivity contribution in [3.8, 4) is 0 Å². The number of aryl methyl sites for hydroxylation is 2. The Balaban J connectivity index is 1.32. The zero-order valence-corrected chi connectivity index (χ0v) is 17.2. The summed E-state index contributed by atoms with van der Waals surface area (Å²) in [4.78, 5) is 10.8. The maximum Gasteiger partial charge on any atom is 0.307 e. The van der Waals surface area contributed by atoms with Gasteiger partial charge in [-0.3, -0.25) is 4.79 Å². The molecule has 1 radical (unpaired) electrons. The predicted octanol–water partition coefficient (Wildman–Crippen LogP) is 5.43. The van der Waals surface area contributed by atoms with Gasteiger partial charge in [0.2, 0.25) is 0 Å². The van der Waals surface area contributed by atoms with Crippen LogP contribution in [-0.2, 0) is 30.5 Å². The van der Waals surface area contributed by atoms with Crippen LogP contribution >= 0.6 is 0 Å². The van der Waals surface area contributed by atoms with Gasteiger partial charge < -0.3 is 10.4 Å². The summed E-state index contributed by atoms with van der Waals surface area (Å²) in [7, 11) is 0. The molecule has 3 nitrogen and oxygen atoms in total. The van der Waals surface area contributed by atoms with Crippen molar-refractivity contribution >= 4 is 11.7 Å². The highest BCUT2D eigenvalue weighted by Crippen LogP contribution is 2.35. The quantitative estimate of drug-likeness (QED) is 0.497. The first-order chi connectivity index (χ1) is 14.7. The average Bonchev–Trinajstić information content (AvgIpc) is 2.77. The van der Waals surface area contributed by atoms with Crippen molar-refractivity contribution in [3.05, 3.63) is 101 Å². The Morgan fingerprint density at radius 3 is 2.67 bits per heavy atom. The molecule has 1 atom stereocenters. The largest absolute Gasteiger partial charge is 0.481 e. The highest BCUT2D eigenvalue weighted by atomic mass is 16.4. The van der Waals surface area contributed by atoms with E-state index in [1.165, 1.54) is 34.4 Å². The zero-order chi connectivity index (χ0) is 20.8. The Labute approximate surface area is 178 Å². The topological polar surface area (TPSA) is 49.3 Å². The van der Waals surface area contributed by atoms with Crippen LogP contribution in [0.2, 0.25) is 0 Å². The van der Waals surface area contributed by atoms with E-state index in [1.54, 1.807) is 0 Å². The van der Waals surface area contributed by atoms with Crippen LogP contribution in [0.1, 0.15) is 46.6 Å². The molecule has 4 rings (SSSR count). The second-order valence-electron chi connectivity index (χ2n) is 8.14. The summed E-state index contributed by atoms with van der Waals surface area (Å²) in [5.41, 5.74) is 7.70. The van der Waals surface area contributed by atoms with Crippen molar-refractivity contribution in [3.63, 3.8) is 0 Å². The smallest absolute Gasteiger partial charge is 0.307 e. The first-order valence-electron chi connectivity index (χ1n) is 10.8. The van der Waals surface area contributed by atoms with Crippen molar-refractivity contribution in [2.75, 3.05) is 11.9 Å². The van der Waals surface area contributed by atoms with E-state index in [1.807, 2.05) is 30.3 Å². The van der Waals surface area contributed by atoms with Gasteiger partial charge in [-0.1, -0.05) is 60.7 Å². The van der Waals surface area contributed by atoms with Gasteiger partial charge in [0.05, 0.1) is 6.42 Å². The van der Waals surface area contributed by atoms with Crippen LogP contribution in [0.15, 0.2) is 66.7 Å². The molecule has 2 N–H and O–H groups in total. The maximum absolute atomic E-state index is 10.8. The van der Waals surface area contributed by atoms with Gasteiger partial charge in [0.15, 0.2) is 0 Å². The Morgan fingerprint density at radius 1 is 1.03 bits per heavy atom. The third-order valence-electron chi connectivity index (χ3n) is 6.02. The third-order valence-corrected chi connectivity index (χ3v) is 6.02. The summed E-state index contributed by atoms with van der Waals surface area (Å²) in [6.07, 6.45) is 5.52. The second kappa shape index (κ2) is 9.62. The first kappa shape index (κ1) is 20.2. The number of para-hydroxylation sites is 1. The molecular formula is C27H28NO2. The van der Waals surface area contributed by atoms with Crippen LogP contribution in [0.4, 0.5) is 5.69 Å². The summed E-state index contributed by atoms with van der Waals surface area (Å²) >= 11 is 0. The van der Waals surface area contributed by atoms with Crippen molar-refractivity contribution < 1.29 is 9.90 Å². The van der Waals surface area contributed by atoms with E-state index in [0.29, 0.717) is 5.92 Å². The zero-order valence-electron chi connectivity index (χ0n) is 17.2. The fourth-order valence-electron chi connectivity index (χ4n) is 4.42. The lowest BCUT2D eigenvalue weighted by atomic mass is 9.79. The Bertz CT molecular complexity index is 994. The number of hydrogen-bond acceptors (Lipinski definition) is 2. The van der Waals surface area contributed by atoms with Crippen molar-refractivity contribution in [1.82, 2.24) is 0 Å². The number of nitrogens with one attached hydrogen (secondary N) is 1. The number of carboxylic acid groups (broad SMARTS) is 1. The average molecular weight is 399 g/mol. The molecule has 0 heterocycles. The molecule has 0 saturated heterocycles. The molecule has 0 bridgehead atoms. The molecule has 0 saturated carbocycles. The van der Waals surface area contributed by atoms with E-state index in [-0.39, 0.29) is 6.42 Å². The van der Waals surface area contributed by atoms with Crippen LogP contribution in [0.5, 0.6) is 0 Å². The number of aliphatic carboxylic acids is 1. The molecule has 0 aromatic heterocycles. The van der Waals surface area contributed by atoms with Gasteiger partial charge in [0, 0.05) is 12.2 Å². The van der Waals surface area contributed by atoms with Crippen molar-refractivity contribution in [1.29, 1.82) is 0 Å². The summed E-state index contributed by atoms with van der Waals surface area (Å²) in [6.45, 7) is 0.923. The van der Waals surface area contributed by atoms with Crippen LogP contribution in [0.3, 0.4) is 0 Å². The number of carboxylic acids is 1. The second-order valence-corrected chi connectivity index (χ2v) is 8.14. The summed E-state index contributed by atoms with van der Waals surface area (Å²) in [6, 6.07) is 26.3. The van der Waals surface area contributed by atoms with E-state index in [0.717, 1.165) is 37.8 Å². The monoisotopic (exact) mass is 398 g/mol. The lowest BCUT2D eigenvalue weighted by Crippen LogP contribution is -2.15. The van der Waals surface area contributed by atoms with Gasteiger partial charge in [-0.2, -0.15) is 0 Å². The Morgan fingerprint density at radius 2 is 1.83 bits per heavy atom. The molecule has 0 fully saturated rings. The molecule has 0 spiro atoms. The van der Waals surface area contributed by atoms with Crippen LogP contribution in [-0.4, -0.2) is 17.6 Å². The molecule has 1 aliphatic rings. The molecule has 0 aliphatic heterocycles. The van der Waals surface area contributed by atoms with Crippen LogP contribution in [0, 0.1) is 6.07 Å². The van der Waals surface area contributed by atoms with Gasteiger partial charge in [-0.05, 0) is 78.0 Å². The fourth-order valence-corrected chi connectivity index (χ4v) is 4.42. The summed E-state index contributed by atoms with van der Waals surface area (Å²) in [5.74, 6) is -0.226. The number of carbonyl (C=O) groups is 1. The van der Waals surface area contributed by atoms with Gasteiger partial charge in [0.25, 0.3) is 0 Å². The minimum atomic E-state index is -0.787. The summed E-state index contributed by atoms with van der Waals surface area (Å²) < 4.78 is 0. The van der Waals surface area contributed by atoms with Gasteiger partial charge >= 0.3 is 5.97 Å². The molecule has 30 heavy (non-hydrogen) atoms. The van der Waals surface area contributed by atoms with Crippen molar-refractivity contribution in [2.24, 2.45) is 0 Å². The lowest BCUT2D eigenvalue weighted by molar-refractivity contribution is -0.136.